The smallest absolute Gasteiger partial charge is 0.239 e. The first kappa shape index (κ1) is 51.6. The van der Waals surface area contributed by atoms with Gasteiger partial charge in [-0.25, -0.2) is 0 Å². The number of fused-ring (bicyclic) bond motifs is 3. The Bertz CT molecular complexity index is 2350. The van der Waals surface area contributed by atoms with Crippen LogP contribution in [0.25, 0.3) is 10.8 Å². The summed E-state index contributed by atoms with van der Waals surface area (Å²) < 4.78 is 21.4. The van der Waals surface area contributed by atoms with Crippen LogP contribution in [-0.2, 0) is 20.9 Å². The highest BCUT2D eigenvalue weighted by molar-refractivity contribution is 6.03. The molecule has 69 heavy (non-hydrogen) atoms. The summed E-state index contributed by atoms with van der Waals surface area (Å²) >= 11 is 0. The Balaban J connectivity index is 1.38. The van der Waals surface area contributed by atoms with Crippen molar-refractivity contribution >= 4 is 28.7 Å². The molecule has 1 heterocycles. The topological polar surface area (TPSA) is 127 Å². The van der Waals surface area contributed by atoms with Gasteiger partial charge >= 0.3 is 0 Å². The van der Waals surface area contributed by atoms with Crippen LogP contribution >= 0.6 is 0 Å². The van der Waals surface area contributed by atoms with Crippen LogP contribution in [0.2, 0.25) is 0 Å². The first-order valence-corrected chi connectivity index (χ1v) is 26.1. The van der Waals surface area contributed by atoms with E-state index >= 15 is 4.79 Å². The fourth-order valence-corrected chi connectivity index (χ4v) is 11.4. The van der Waals surface area contributed by atoms with Gasteiger partial charge in [0.15, 0.2) is 0 Å². The molecule has 1 aliphatic heterocycles. The predicted octanol–water partition coefficient (Wildman–Crippen LogP) is 13.0. The number of hydrogen-bond donors (Lipinski definition) is 2. The lowest BCUT2D eigenvalue weighted by Crippen LogP contribution is -2.70. The van der Waals surface area contributed by atoms with Crippen LogP contribution < -0.4 is 9.47 Å². The SMILES string of the molecule is C=CCO[C@@]12Oc3ccc(Oc4cccc(C=O)c4)cc3[C@H]3[C@H](CCCCO)[C@@H](CCCCO)C=C(C(=NOCC)C[C@@H]1N(Cc1cccc4ccccc14)C(=O)CCCCCCCCCCC)[C@H]32. The third-order valence-corrected chi connectivity index (χ3v) is 14.6. The van der Waals surface area contributed by atoms with Crippen LogP contribution in [0.5, 0.6) is 17.2 Å². The molecule has 2 aliphatic carbocycles. The molecular weight excluding hydrogens is 865 g/mol. The quantitative estimate of drug-likeness (QED) is 0.0238. The zero-order valence-corrected chi connectivity index (χ0v) is 41.2. The van der Waals surface area contributed by atoms with E-state index in [0.29, 0.717) is 61.6 Å². The summed E-state index contributed by atoms with van der Waals surface area (Å²) in [6, 6.07) is 27.1. The first-order chi connectivity index (χ1) is 33.9. The van der Waals surface area contributed by atoms with Gasteiger partial charge in [0.05, 0.1) is 18.2 Å². The van der Waals surface area contributed by atoms with Gasteiger partial charge in [0.25, 0.3) is 0 Å². The van der Waals surface area contributed by atoms with Gasteiger partial charge in [-0.1, -0.05) is 143 Å². The molecule has 0 unspecified atom stereocenters. The fraction of sp³-hybridized carbons (Fsp3) is 0.508. The molecule has 2 N–H and O–H groups in total. The number of amides is 1. The number of aldehydes is 1. The largest absolute Gasteiger partial charge is 0.459 e. The summed E-state index contributed by atoms with van der Waals surface area (Å²) in [6.45, 7) is 9.41. The van der Waals surface area contributed by atoms with Crippen molar-refractivity contribution in [2.75, 3.05) is 26.4 Å². The number of nitrogens with zero attached hydrogens (tertiary/aromatic N) is 2. The number of unbranched alkanes of at least 4 members (excludes halogenated alkanes) is 10. The molecule has 1 saturated carbocycles. The molecule has 0 spiro atoms. The molecule has 7 rings (SSSR count). The molecular formula is C59H76N2O8. The normalized spacial score (nSPS) is 22.0. The Morgan fingerprint density at radius 3 is 2.32 bits per heavy atom. The Morgan fingerprint density at radius 2 is 1.57 bits per heavy atom. The van der Waals surface area contributed by atoms with E-state index in [1.807, 2.05) is 36.1 Å². The highest BCUT2D eigenvalue weighted by atomic mass is 16.7. The van der Waals surface area contributed by atoms with Crippen molar-refractivity contribution in [3.8, 4) is 17.2 Å². The molecule has 4 aromatic rings. The number of allylic oxidation sites excluding steroid dienone is 1. The van der Waals surface area contributed by atoms with Crippen molar-refractivity contribution < 1.29 is 38.9 Å². The van der Waals surface area contributed by atoms with Crippen molar-refractivity contribution in [3.63, 3.8) is 0 Å². The van der Waals surface area contributed by atoms with Gasteiger partial charge < -0.3 is 34.2 Å². The Labute approximate surface area is 410 Å². The van der Waals surface area contributed by atoms with Gasteiger partial charge in [0.1, 0.15) is 36.2 Å². The number of aliphatic hydroxyl groups is 2. The van der Waals surface area contributed by atoms with E-state index in [-0.39, 0.29) is 43.5 Å². The molecule has 1 fully saturated rings. The predicted molar refractivity (Wildman–Crippen MR) is 275 cm³/mol. The number of benzene rings is 4. The van der Waals surface area contributed by atoms with Crippen LogP contribution in [0.1, 0.15) is 150 Å². The Hall–Kier alpha value is -5.29. The molecule has 370 valence electrons. The van der Waals surface area contributed by atoms with Crippen LogP contribution in [0.4, 0.5) is 0 Å². The zero-order chi connectivity index (χ0) is 48.4. The minimum Gasteiger partial charge on any atom is -0.459 e. The summed E-state index contributed by atoms with van der Waals surface area (Å²) in [7, 11) is 0. The summed E-state index contributed by atoms with van der Waals surface area (Å²) in [5.74, 6) is -0.0323. The maximum Gasteiger partial charge on any atom is 0.239 e. The highest BCUT2D eigenvalue weighted by Gasteiger charge is 2.65. The number of ether oxygens (including phenoxy) is 3. The average molecular weight is 941 g/mol. The average Bonchev–Trinajstić information content (AvgIpc) is 3.37. The molecule has 4 aromatic carbocycles. The lowest BCUT2D eigenvalue weighted by Gasteiger charge is -2.60. The van der Waals surface area contributed by atoms with E-state index in [4.69, 9.17) is 24.2 Å². The van der Waals surface area contributed by atoms with Gasteiger partial charge in [-0.05, 0) is 103 Å². The number of rotatable bonds is 29. The maximum absolute atomic E-state index is 15.4. The van der Waals surface area contributed by atoms with Crippen molar-refractivity contribution in [2.45, 2.75) is 147 Å². The first-order valence-electron chi connectivity index (χ1n) is 26.1. The molecule has 0 saturated heterocycles. The van der Waals surface area contributed by atoms with E-state index in [2.05, 4.69) is 62.0 Å². The van der Waals surface area contributed by atoms with Gasteiger partial charge in [0, 0.05) is 49.6 Å². The van der Waals surface area contributed by atoms with E-state index < -0.39 is 17.7 Å². The second-order valence-corrected chi connectivity index (χ2v) is 19.2. The second-order valence-electron chi connectivity index (χ2n) is 19.2. The minimum atomic E-state index is -1.38. The minimum absolute atomic E-state index is 0.0464. The van der Waals surface area contributed by atoms with Gasteiger partial charge in [-0.3, -0.25) is 9.59 Å². The number of carbonyl (C=O) groups excluding carboxylic acids is 2. The monoisotopic (exact) mass is 941 g/mol. The molecule has 1 amide bonds. The maximum atomic E-state index is 15.4. The van der Waals surface area contributed by atoms with Gasteiger partial charge in [-0.2, -0.15) is 0 Å². The van der Waals surface area contributed by atoms with Crippen molar-refractivity contribution in [1.82, 2.24) is 4.90 Å². The number of hydrogen-bond acceptors (Lipinski definition) is 9. The molecule has 0 radical (unpaired) electrons. The fourth-order valence-electron chi connectivity index (χ4n) is 11.4. The molecule has 10 nitrogen and oxygen atoms in total. The number of oxime groups is 1. The lowest BCUT2D eigenvalue weighted by molar-refractivity contribution is -0.258. The number of carbonyl (C=O) groups is 2. The molecule has 3 aliphatic rings. The second kappa shape index (κ2) is 26.1. The van der Waals surface area contributed by atoms with E-state index in [0.717, 1.165) is 84.4 Å². The summed E-state index contributed by atoms with van der Waals surface area (Å²) in [5.41, 5.74) is 4.30. The lowest BCUT2D eigenvalue weighted by atomic mass is 9.55. The molecule has 10 heteroatoms. The third-order valence-electron chi connectivity index (χ3n) is 14.6. The molecule has 0 aromatic heterocycles. The number of aliphatic hydroxyl groups excluding tert-OH is 2. The van der Waals surface area contributed by atoms with Crippen molar-refractivity contribution in [1.29, 1.82) is 0 Å². The molecule has 0 bridgehead atoms. The van der Waals surface area contributed by atoms with Crippen LogP contribution in [0, 0.1) is 17.8 Å². The van der Waals surface area contributed by atoms with Crippen molar-refractivity contribution in [2.24, 2.45) is 22.9 Å². The van der Waals surface area contributed by atoms with Crippen LogP contribution in [0.3, 0.4) is 0 Å². The van der Waals surface area contributed by atoms with Crippen LogP contribution in [-0.4, -0.2) is 71.3 Å². The van der Waals surface area contributed by atoms with Crippen molar-refractivity contribution in [3.05, 3.63) is 126 Å². The standard InChI is InChI=1S/C59H76N2O8/c1-4-7-8-9-10-11-12-13-14-31-56(65)61(41-46-27-22-26-44-24-15-16-29-49(44)46)55-40-53(60-67-6-3)51-38-45(25-17-19-34-62)50(30-18-20-35-63)57-52-39-48(68-47-28-21-23-43(37-47)42-64)32-33-54(52)69-59(55,58(51)57)66-36-5-2/h5,15-16,21-24,26-29,32-33,37-39,42,45,50,55,57-58,62-63H,2,4,6-14,17-20,25,30-31,34-36,40-41H2,1,3H3/t45-,50+,55-,57+,58+,59+/m0/s1. The highest BCUT2D eigenvalue weighted by Crippen LogP contribution is 2.62. The summed E-state index contributed by atoms with van der Waals surface area (Å²) in [4.78, 5) is 35.2. The van der Waals surface area contributed by atoms with Gasteiger partial charge in [0.2, 0.25) is 11.7 Å². The van der Waals surface area contributed by atoms with Crippen LogP contribution in [0.15, 0.2) is 114 Å². The van der Waals surface area contributed by atoms with E-state index in [9.17, 15) is 15.0 Å². The third kappa shape index (κ3) is 12.5. The van der Waals surface area contributed by atoms with E-state index in [1.54, 1.807) is 24.3 Å². The zero-order valence-electron chi connectivity index (χ0n) is 41.2. The Morgan fingerprint density at radius 1 is 0.841 bits per heavy atom. The molecule has 6 atom stereocenters. The Kier molecular flexibility index (Phi) is 19.5. The van der Waals surface area contributed by atoms with E-state index in [1.165, 1.54) is 38.5 Å². The summed E-state index contributed by atoms with van der Waals surface area (Å²) in [5, 5.41) is 27.2. The summed E-state index contributed by atoms with van der Waals surface area (Å²) in [6.07, 6.45) is 20.7. The van der Waals surface area contributed by atoms with Gasteiger partial charge in [-0.15, -0.1) is 6.58 Å².